The second-order valence-corrected chi connectivity index (χ2v) is 5.55. The minimum absolute atomic E-state index is 0.263. The molecular weight excluding hydrogens is 356 g/mol. The Morgan fingerprint density at radius 2 is 2.05 bits per heavy atom. The molecule has 110 valence electrons. The van der Waals surface area contributed by atoms with Crippen molar-refractivity contribution in [1.82, 2.24) is 9.97 Å². The summed E-state index contributed by atoms with van der Waals surface area (Å²) in [6.07, 6.45) is 0. The molecule has 2 aromatic rings. The van der Waals surface area contributed by atoms with Gasteiger partial charge in [0.2, 0.25) is 0 Å². The molecule has 0 spiro atoms. The Balaban J connectivity index is 2.21. The lowest BCUT2D eigenvalue weighted by Gasteiger charge is -2.08. The van der Waals surface area contributed by atoms with Crippen LogP contribution in [0.4, 0.5) is 11.6 Å². The van der Waals surface area contributed by atoms with Gasteiger partial charge in [-0.2, -0.15) is 0 Å². The van der Waals surface area contributed by atoms with Crippen LogP contribution in [-0.2, 0) is 0 Å². The Morgan fingerprint density at radius 1 is 1.29 bits per heavy atom. The van der Waals surface area contributed by atoms with Crippen molar-refractivity contribution in [3.8, 4) is 0 Å². The monoisotopic (exact) mass is 368 g/mol. The standard InChI is InChI=1S/C14H14BrClN4O/c1-3-17-13-7-9(6-11(16)19-13)14(21)20-12-5-4-10(15)8(2)18-12/h4-7H,3H2,1-2H3,(H,17,19)(H,18,20,21). The van der Waals surface area contributed by atoms with E-state index < -0.39 is 0 Å². The molecule has 2 aromatic heterocycles. The van der Waals surface area contributed by atoms with Gasteiger partial charge >= 0.3 is 0 Å². The van der Waals surface area contributed by atoms with Crippen LogP contribution in [-0.4, -0.2) is 22.4 Å². The number of carbonyl (C=O) groups is 1. The highest BCUT2D eigenvalue weighted by Gasteiger charge is 2.10. The Kier molecular flexibility index (Phi) is 5.14. The van der Waals surface area contributed by atoms with Crippen molar-refractivity contribution < 1.29 is 4.79 Å². The summed E-state index contributed by atoms with van der Waals surface area (Å²) in [6.45, 7) is 4.49. The zero-order valence-electron chi connectivity index (χ0n) is 11.6. The van der Waals surface area contributed by atoms with E-state index in [1.165, 1.54) is 6.07 Å². The van der Waals surface area contributed by atoms with Crippen LogP contribution in [0.3, 0.4) is 0 Å². The van der Waals surface area contributed by atoms with Crippen molar-refractivity contribution in [2.75, 3.05) is 17.2 Å². The summed E-state index contributed by atoms with van der Waals surface area (Å²) >= 11 is 9.29. The molecule has 1 amide bonds. The van der Waals surface area contributed by atoms with Gasteiger partial charge in [0.25, 0.3) is 5.91 Å². The molecule has 0 bridgehead atoms. The van der Waals surface area contributed by atoms with E-state index >= 15 is 0 Å². The number of carbonyl (C=O) groups excluding carboxylic acids is 1. The number of amides is 1. The maximum absolute atomic E-state index is 12.2. The van der Waals surface area contributed by atoms with E-state index in [2.05, 4.69) is 36.5 Å². The van der Waals surface area contributed by atoms with E-state index in [1.807, 2.05) is 19.9 Å². The Hall–Kier alpha value is -1.66. The molecule has 7 heteroatoms. The third-order valence-electron chi connectivity index (χ3n) is 2.68. The minimum atomic E-state index is -0.285. The molecule has 5 nitrogen and oxygen atoms in total. The second-order valence-electron chi connectivity index (χ2n) is 4.31. The number of aromatic nitrogens is 2. The van der Waals surface area contributed by atoms with E-state index in [0.717, 1.165) is 10.2 Å². The van der Waals surface area contributed by atoms with Crippen LogP contribution in [0.5, 0.6) is 0 Å². The van der Waals surface area contributed by atoms with Gasteiger partial charge in [-0.25, -0.2) is 9.97 Å². The van der Waals surface area contributed by atoms with Crippen LogP contribution in [0.2, 0.25) is 5.15 Å². The topological polar surface area (TPSA) is 66.9 Å². The lowest BCUT2D eigenvalue weighted by molar-refractivity contribution is 0.102. The van der Waals surface area contributed by atoms with Gasteiger partial charge in [0.15, 0.2) is 0 Å². The predicted molar refractivity (Wildman–Crippen MR) is 88.0 cm³/mol. The van der Waals surface area contributed by atoms with Gasteiger partial charge in [0.1, 0.15) is 16.8 Å². The van der Waals surface area contributed by atoms with Crippen LogP contribution in [0.25, 0.3) is 0 Å². The number of hydrogen-bond acceptors (Lipinski definition) is 4. The van der Waals surface area contributed by atoms with Crippen LogP contribution < -0.4 is 10.6 Å². The summed E-state index contributed by atoms with van der Waals surface area (Å²) in [5.74, 6) is 0.765. The van der Waals surface area contributed by atoms with Crippen LogP contribution in [0.1, 0.15) is 23.0 Å². The molecule has 2 rings (SSSR count). The number of pyridine rings is 2. The molecule has 0 fully saturated rings. The Morgan fingerprint density at radius 3 is 2.71 bits per heavy atom. The molecule has 21 heavy (non-hydrogen) atoms. The molecule has 2 N–H and O–H groups in total. The largest absolute Gasteiger partial charge is 0.370 e. The zero-order valence-corrected chi connectivity index (χ0v) is 13.9. The first kappa shape index (κ1) is 15.7. The van der Waals surface area contributed by atoms with Gasteiger partial charge in [-0.3, -0.25) is 4.79 Å². The van der Waals surface area contributed by atoms with Crippen LogP contribution >= 0.6 is 27.5 Å². The number of nitrogens with zero attached hydrogens (tertiary/aromatic N) is 2. The van der Waals surface area contributed by atoms with Gasteiger partial charge in [-0.1, -0.05) is 11.6 Å². The quantitative estimate of drug-likeness (QED) is 0.803. The predicted octanol–water partition coefficient (Wildman–Crippen LogP) is 3.89. The molecule has 0 saturated carbocycles. The summed E-state index contributed by atoms with van der Waals surface area (Å²) in [5, 5.41) is 6.03. The van der Waals surface area contributed by atoms with Crippen molar-refractivity contribution in [1.29, 1.82) is 0 Å². The van der Waals surface area contributed by atoms with E-state index in [4.69, 9.17) is 11.6 Å². The second kappa shape index (κ2) is 6.87. The molecule has 0 radical (unpaired) electrons. The third kappa shape index (κ3) is 4.15. The first-order chi connectivity index (χ1) is 9.99. The minimum Gasteiger partial charge on any atom is -0.370 e. The molecule has 0 aliphatic rings. The maximum atomic E-state index is 12.2. The molecular formula is C14H14BrClN4O. The highest BCUT2D eigenvalue weighted by Crippen LogP contribution is 2.18. The Bertz CT molecular complexity index is 678. The van der Waals surface area contributed by atoms with E-state index in [9.17, 15) is 4.79 Å². The summed E-state index contributed by atoms with van der Waals surface area (Å²) < 4.78 is 0.891. The van der Waals surface area contributed by atoms with Crippen molar-refractivity contribution in [2.45, 2.75) is 13.8 Å². The first-order valence-corrected chi connectivity index (χ1v) is 7.52. The maximum Gasteiger partial charge on any atom is 0.257 e. The SMILES string of the molecule is CCNc1cc(C(=O)Nc2ccc(Br)c(C)n2)cc(Cl)n1. The van der Waals surface area contributed by atoms with E-state index in [-0.39, 0.29) is 11.1 Å². The first-order valence-electron chi connectivity index (χ1n) is 6.35. The lowest BCUT2D eigenvalue weighted by Crippen LogP contribution is -2.14. The number of nitrogens with one attached hydrogen (secondary N) is 2. The molecule has 0 aliphatic heterocycles. The molecule has 0 aromatic carbocycles. The summed E-state index contributed by atoms with van der Waals surface area (Å²) in [6, 6.07) is 6.73. The van der Waals surface area contributed by atoms with Crippen molar-refractivity contribution >= 4 is 45.1 Å². The number of hydrogen-bond donors (Lipinski definition) is 2. The highest BCUT2D eigenvalue weighted by atomic mass is 79.9. The van der Waals surface area contributed by atoms with E-state index in [1.54, 1.807) is 12.1 Å². The number of halogens is 2. The fourth-order valence-corrected chi connectivity index (χ4v) is 2.13. The summed E-state index contributed by atoms with van der Waals surface area (Å²) in [5.41, 5.74) is 1.22. The van der Waals surface area contributed by atoms with Gasteiger partial charge in [0, 0.05) is 16.6 Å². The number of aryl methyl sites for hydroxylation is 1. The molecule has 2 heterocycles. The summed E-state index contributed by atoms with van der Waals surface area (Å²) in [7, 11) is 0. The fourth-order valence-electron chi connectivity index (χ4n) is 1.70. The van der Waals surface area contributed by atoms with Crippen LogP contribution in [0, 0.1) is 6.92 Å². The van der Waals surface area contributed by atoms with Crippen molar-refractivity contribution in [3.63, 3.8) is 0 Å². The Labute approximate surface area is 136 Å². The molecule has 0 aliphatic carbocycles. The van der Waals surface area contributed by atoms with Crippen molar-refractivity contribution in [3.05, 3.63) is 45.1 Å². The zero-order chi connectivity index (χ0) is 15.4. The fraction of sp³-hybridized carbons (Fsp3) is 0.214. The average molecular weight is 370 g/mol. The normalized spacial score (nSPS) is 10.3. The van der Waals surface area contributed by atoms with Gasteiger partial charge in [-0.15, -0.1) is 0 Å². The van der Waals surface area contributed by atoms with Crippen LogP contribution in [0.15, 0.2) is 28.7 Å². The smallest absolute Gasteiger partial charge is 0.257 e. The van der Waals surface area contributed by atoms with Gasteiger partial charge in [0.05, 0.1) is 5.69 Å². The highest BCUT2D eigenvalue weighted by molar-refractivity contribution is 9.10. The molecule has 0 unspecified atom stereocenters. The molecule has 0 saturated heterocycles. The van der Waals surface area contributed by atoms with E-state index in [0.29, 0.717) is 23.7 Å². The molecule has 0 atom stereocenters. The lowest BCUT2D eigenvalue weighted by atomic mass is 10.2. The van der Waals surface area contributed by atoms with Gasteiger partial charge in [-0.05, 0) is 54.0 Å². The number of anilines is 2. The average Bonchev–Trinajstić information content (AvgIpc) is 2.42. The van der Waals surface area contributed by atoms with Crippen molar-refractivity contribution in [2.24, 2.45) is 0 Å². The third-order valence-corrected chi connectivity index (χ3v) is 3.71. The number of rotatable bonds is 4. The van der Waals surface area contributed by atoms with Gasteiger partial charge < -0.3 is 10.6 Å². The summed E-state index contributed by atoms with van der Waals surface area (Å²) in [4.78, 5) is 20.6.